The molecule has 0 fully saturated rings. The lowest BCUT2D eigenvalue weighted by Gasteiger charge is -2.07. The summed E-state index contributed by atoms with van der Waals surface area (Å²) in [5, 5.41) is 8.05. The zero-order valence-electron chi connectivity index (χ0n) is 14.8. The third-order valence-corrected chi connectivity index (χ3v) is 5.85. The fraction of sp³-hybridized carbons (Fsp3) is 0.267. The van der Waals surface area contributed by atoms with Gasteiger partial charge in [-0.25, -0.2) is 9.07 Å². The Morgan fingerprint density at radius 3 is 2.40 bits per heavy atom. The van der Waals surface area contributed by atoms with Gasteiger partial charge in [0, 0.05) is 12.6 Å². The fourth-order valence-electron chi connectivity index (χ4n) is 2.35. The maximum absolute atomic E-state index is 14.5. The van der Waals surface area contributed by atoms with Gasteiger partial charge in [-0.3, -0.25) is 0 Å². The van der Waals surface area contributed by atoms with E-state index >= 15 is 0 Å². The minimum absolute atomic E-state index is 0.261. The number of halogens is 8. The van der Waals surface area contributed by atoms with Gasteiger partial charge in [0.15, 0.2) is 5.75 Å². The predicted octanol–water partition coefficient (Wildman–Crippen LogP) is 6.02. The molecule has 30 heavy (non-hydrogen) atoms. The van der Waals surface area contributed by atoms with Gasteiger partial charge >= 0.3 is 23.0 Å². The summed E-state index contributed by atoms with van der Waals surface area (Å²) in [6, 6.07) is 1.81. The molecular weight excluding hydrogens is 485 g/mol. The van der Waals surface area contributed by atoms with Gasteiger partial charge in [0.1, 0.15) is 22.8 Å². The quantitative estimate of drug-likeness (QED) is 0.321. The summed E-state index contributed by atoms with van der Waals surface area (Å²) in [5.41, 5.74) is -0.587. The molecule has 0 saturated carbocycles. The van der Waals surface area contributed by atoms with Crippen molar-refractivity contribution in [1.82, 2.24) is 20.0 Å². The highest BCUT2D eigenvalue weighted by atomic mass is 35.5. The molecule has 0 bridgehead atoms. The average Bonchev–Trinajstić information content (AvgIpc) is 3.11. The Balaban J connectivity index is 2.04. The Morgan fingerprint density at radius 2 is 1.83 bits per heavy atom. The third-order valence-electron chi connectivity index (χ3n) is 3.63. The van der Waals surface area contributed by atoms with Crippen LogP contribution in [-0.2, 0) is 19.5 Å². The van der Waals surface area contributed by atoms with E-state index in [1.165, 1.54) is 13.3 Å². The number of ether oxygens (including phenoxy) is 2. The smallest absolute Gasteiger partial charge is 0.416 e. The van der Waals surface area contributed by atoms with Crippen LogP contribution in [0.1, 0.15) is 5.01 Å². The van der Waals surface area contributed by atoms with Crippen LogP contribution < -0.4 is 9.47 Å². The van der Waals surface area contributed by atoms with Crippen LogP contribution in [0.3, 0.4) is 0 Å². The Bertz CT molecular complexity index is 1100. The van der Waals surface area contributed by atoms with Crippen LogP contribution in [-0.4, -0.2) is 26.6 Å². The monoisotopic (exact) mass is 493 g/mol. The van der Waals surface area contributed by atoms with Crippen LogP contribution in [0.25, 0.3) is 11.3 Å². The summed E-state index contributed by atoms with van der Waals surface area (Å²) in [5.74, 6) is -1.72. The molecule has 1 aromatic carbocycles. The molecule has 1 atom stereocenters. The highest BCUT2D eigenvalue weighted by Crippen LogP contribution is 2.45. The van der Waals surface area contributed by atoms with E-state index in [0.29, 0.717) is 0 Å². The fourth-order valence-corrected chi connectivity index (χ4v) is 3.90. The minimum Gasteiger partial charge on any atom is -0.416 e. The number of rotatable bonds is 5. The van der Waals surface area contributed by atoms with Gasteiger partial charge in [-0.2, -0.15) is 27.1 Å². The van der Waals surface area contributed by atoms with Crippen molar-refractivity contribution < 1.29 is 35.8 Å². The molecule has 0 radical (unpaired) electrons. The molecule has 0 N–H and O–H groups in total. The number of alkyl halides is 5. The van der Waals surface area contributed by atoms with Gasteiger partial charge in [0.05, 0.1) is 15.5 Å². The van der Waals surface area contributed by atoms with Crippen molar-refractivity contribution in [3.8, 4) is 28.1 Å². The maximum atomic E-state index is 14.5. The molecule has 2 heterocycles. The van der Waals surface area contributed by atoms with Gasteiger partial charge < -0.3 is 9.47 Å². The van der Waals surface area contributed by atoms with E-state index in [9.17, 15) is 26.3 Å². The molecular formula is C15H9Cl2F6N4O2S+. The summed E-state index contributed by atoms with van der Waals surface area (Å²) in [7, 11) is -0.402. The molecule has 3 aromatic rings. The van der Waals surface area contributed by atoms with Crippen LogP contribution in [0.5, 0.6) is 16.8 Å². The van der Waals surface area contributed by atoms with Gasteiger partial charge in [-0.15, -0.1) is 0 Å². The van der Waals surface area contributed by atoms with Crippen LogP contribution in [0, 0.1) is 5.82 Å². The Labute approximate surface area is 176 Å². The third kappa shape index (κ3) is 4.27. The van der Waals surface area contributed by atoms with Crippen molar-refractivity contribution in [2.24, 2.45) is 13.3 Å². The molecule has 0 amide bonds. The highest BCUT2D eigenvalue weighted by Gasteiger charge is 2.46. The number of nitrogens with zero attached hydrogens (tertiary/aromatic N) is 4. The Morgan fingerprint density at radius 1 is 1.17 bits per heavy atom. The van der Waals surface area contributed by atoms with E-state index in [4.69, 9.17) is 27.9 Å². The summed E-state index contributed by atoms with van der Waals surface area (Å²) >= 11 is 11.9. The van der Waals surface area contributed by atoms with E-state index in [0.717, 1.165) is 16.8 Å². The van der Waals surface area contributed by atoms with Gasteiger partial charge in [0.25, 0.3) is 0 Å². The second-order valence-corrected chi connectivity index (χ2v) is 8.16. The molecule has 0 aliphatic carbocycles. The molecule has 0 saturated heterocycles. The first kappa shape index (κ1) is 22.4. The molecule has 1 unspecified atom stereocenters. The molecule has 3 rings (SSSR count). The van der Waals surface area contributed by atoms with E-state index in [1.54, 1.807) is 0 Å². The molecule has 0 aliphatic rings. The van der Waals surface area contributed by atoms with Crippen LogP contribution in [0.2, 0.25) is 10.0 Å². The largest absolute Gasteiger partial charge is 0.487 e. The standard InChI is InChI=1S/C15H9Cl2F6N4O2S/c1-27-11(29-13(19)20)9(17)10(26-27)5-3-8(6(16)4-7(5)18)28-14-25-24-12(30(14)2)15(21,22)23/h3-4,13H,1-2H3/q+1. The first-order chi connectivity index (χ1) is 13.9. The van der Waals surface area contributed by atoms with Crippen molar-refractivity contribution in [1.29, 1.82) is 0 Å². The molecule has 0 spiro atoms. The summed E-state index contributed by atoms with van der Waals surface area (Å²) in [6.45, 7) is -3.20. The number of hydrogen-bond donors (Lipinski definition) is 0. The zero-order chi connectivity index (χ0) is 22.4. The minimum atomic E-state index is -4.70. The highest BCUT2D eigenvalue weighted by molar-refractivity contribution is 7.31. The average molecular weight is 494 g/mol. The van der Waals surface area contributed by atoms with E-state index in [2.05, 4.69) is 20.0 Å². The molecule has 6 nitrogen and oxygen atoms in total. The van der Waals surface area contributed by atoms with E-state index < -0.39 is 50.2 Å². The van der Waals surface area contributed by atoms with Crippen molar-refractivity contribution >= 4 is 33.7 Å². The SMILES string of the molecule is Cn1nc(-c2cc(Oc3nnc(C(F)(F)F)[s+]3C)c(Cl)cc2F)c(Cl)c1OC(F)F. The number of hydrogen-bond acceptors (Lipinski definition) is 5. The van der Waals surface area contributed by atoms with Crippen molar-refractivity contribution in [2.45, 2.75) is 12.8 Å². The molecule has 162 valence electrons. The molecule has 0 aliphatic heterocycles. The number of aromatic nitrogens is 4. The first-order valence-corrected chi connectivity index (χ1v) is 10.0. The van der Waals surface area contributed by atoms with Gasteiger partial charge in [-0.05, 0) is 12.1 Å². The summed E-state index contributed by atoms with van der Waals surface area (Å²) in [4.78, 5) is 0. The Hall–Kier alpha value is -2.25. The Kier molecular flexibility index (Phi) is 6.07. The lowest BCUT2D eigenvalue weighted by atomic mass is 10.1. The van der Waals surface area contributed by atoms with Crippen molar-refractivity contribution in [3.63, 3.8) is 0 Å². The second-order valence-electron chi connectivity index (χ2n) is 5.61. The van der Waals surface area contributed by atoms with E-state index in [1.807, 2.05) is 0 Å². The van der Waals surface area contributed by atoms with Crippen LogP contribution in [0.4, 0.5) is 26.3 Å². The second kappa shape index (κ2) is 8.12. The van der Waals surface area contributed by atoms with E-state index in [-0.39, 0.29) is 22.0 Å². The topological polar surface area (TPSA) is 62.1 Å². The zero-order valence-corrected chi connectivity index (χ0v) is 17.1. The van der Waals surface area contributed by atoms with Gasteiger partial charge in [-0.1, -0.05) is 33.4 Å². The van der Waals surface area contributed by atoms with Crippen molar-refractivity contribution in [3.05, 3.63) is 33.0 Å². The van der Waals surface area contributed by atoms with Crippen LogP contribution >= 0.6 is 33.7 Å². The van der Waals surface area contributed by atoms with Gasteiger partial charge in [0.2, 0.25) is 5.88 Å². The summed E-state index contributed by atoms with van der Waals surface area (Å²) in [6.07, 6.45) is -3.51. The lowest BCUT2D eigenvalue weighted by Crippen LogP contribution is -2.06. The summed E-state index contributed by atoms with van der Waals surface area (Å²) < 4.78 is 88.7. The number of benzene rings is 1. The number of aryl methyl sites for hydroxylation is 1. The lowest BCUT2D eigenvalue weighted by molar-refractivity contribution is -0.138. The first-order valence-electron chi connectivity index (χ1n) is 7.63. The maximum Gasteiger partial charge on any atom is 0.487 e. The predicted molar refractivity (Wildman–Crippen MR) is 95.8 cm³/mol. The van der Waals surface area contributed by atoms with Crippen LogP contribution in [0.15, 0.2) is 12.1 Å². The normalized spacial score (nSPS) is 12.6. The van der Waals surface area contributed by atoms with Crippen molar-refractivity contribution in [2.75, 3.05) is 0 Å². The molecule has 15 heteroatoms. The molecule has 2 aromatic heterocycles.